The molecule has 2 aromatic rings. The number of rotatable bonds is 5. The molecule has 2 heteroatoms. The minimum atomic E-state index is 0.721. The van der Waals surface area contributed by atoms with E-state index >= 15 is 0 Å². The van der Waals surface area contributed by atoms with Crippen LogP contribution in [0.15, 0.2) is 79.9 Å². The van der Waals surface area contributed by atoms with Crippen molar-refractivity contribution in [1.82, 2.24) is 0 Å². The van der Waals surface area contributed by atoms with E-state index < -0.39 is 0 Å². The lowest BCUT2D eigenvalue weighted by atomic mass is 10.0. The highest BCUT2D eigenvalue weighted by Crippen LogP contribution is 2.22. The molecule has 0 saturated carbocycles. The third-order valence-electron chi connectivity index (χ3n) is 2.60. The number of benzene rings is 2. The highest BCUT2D eigenvalue weighted by atomic mass is 32.2. The van der Waals surface area contributed by atoms with Gasteiger partial charge < -0.3 is 0 Å². The molecular formula is C19H19NS. The van der Waals surface area contributed by atoms with E-state index in [1.54, 1.807) is 0 Å². The summed E-state index contributed by atoms with van der Waals surface area (Å²) in [6.45, 7) is 7.15. The summed E-state index contributed by atoms with van der Waals surface area (Å²) < 4.78 is 0. The highest BCUT2D eigenvalue weighted by molar-refractivity contribution is 7.99. The van der Waals surface area contributed by atoms with Crippen LogP contribution in [0.3, 0.4) is 0 Å². The first-order valence-corrected chi connectivity index (χ1v) is 7.83. The second-order valence-electron chi connectivity index (χ2n) is 4.14. The van der Waals surface area contributed by atoms with Crippen LogP contribution in [0.25, 0.3) is 11.1 Å². The number of hydrogen-bond donors (Lipinski definition) is 0. The van der Waals surface area contributed by atoms with Crippen LogP contribution in [0.2, 0.25) is 0 Å². The summed E-state index contributed by atoms with van der Waals surface area (Å²) in [5.41, 5.74) is 2.80. The maximum Gasteiger partial charge on any atom is 0.0998 e. The minimum Gasteiger partial charge on any atom is -0.192 e. The van der Waals surface area contributed by atoms with Gasteiger partial charge in [0.25, 0.3) is 0 Å². The predicted molar refractivity (Wildman–Crippen MR) is 94.3 cm³/mol. The van der Waals surface area contributed by atoms with Crippen LogP contribution >= 0.6 is 11.8 Å². The van der Waals surface area contributed by atoms with Crippen LogP contribution < -0.4 is 0 Å². The Morgan fingerprint density at radius 2 is 1.48 bits per heavy atom. The molecule has 0 saturated heterocycles. The fourth-order valence-electron chi connectivity index (χ4n) is 1.68. The zero-order chi connectivity index (χ0) is 15.3. The van der Waals surface area contributed by atoms with Crippen LogP contribution in [0.5, 0.6) is 0 Å². The van der Waals surface area contributed by atoms with Gasteiger partial charge in [-0.2, -0.15) is 17.0 Å². The van der Waals surface area contributed by atoms with Crippen molar-refractivity contribution in [2.24, 2.45) is 0 Å². The second-order valence-corrected chi connectivity index (χ2v) is 5.21. The van der Waals surface area contributed by atoms with E-state index in [2.05, 4.69) is 19.2 Å². The van der Waals surface area contributed by atoms with E-state index in [1.807, 2.05) is 78.5 Å². The van der Waals surface area contributed by atoms with Crippen molar-refractivity contribution in [2.45, 2.75) is 0 Å². The van der Waals surface area contributed by atoms with Crippen molar-refractivity contribution in [3.05, 3.63) is 85.5 Å². The Hall–Kier alpha value is -2.24. The molecule has 0 bridgehead atoms. The van der Waals surface area contributed by atoms with E-state index in [4.69, 9.17) is 5.26 Å². The van der Waals surface area contributed by atoms with Gasteiger partial charge in [-0.05, 0) is 17.2 Å². The van der Waals surface area contributed by atoms with Gasteiger partial charge in [0.1, 0.15) is 0 Å². The SMILES string of the molecule is C=CCSCC=C.N#Cc1ccccc1-c1ccccc1. The summed E-state index contributed by atoms with van der Waals surface area (Å²) in [6, 6.07) is 19.8. The largest absolute Gasteiger partial charge is 0.192 e. The monoisotopic (exact) mass is 293 g/mol. The van der Waals surface area contributed by atoms with Gasteiger partial charge in [-0.25, -0.2) is 0 Å². The predicted octanol–water partition coefficient (Wildman–Crippen LogP) is 5.32. The first-order chi connectivity index (χ1) is 10.3. The maximum atomic E-state index is 8.93. The van der Waals surface area contributed by atoms with E-state index in [9.17, 15) is 0 Å². The minimum absolute atomic E-state index is 0.721. The van der Waals surface area contributed by atoms with Crippen molar-refractivity contribution in [1.29, 1.82) is 5.26 Å². The molecule has 0 fully saturated rings. The summed E-state index contributed by atoms with van der Waals surface area (Å²) in [4.78, 5) is 0. The molecule has 0 spiro atoms. The Morgan fingerprint density at radius 1 is 0.905 bits per heavy atom. The van der Waals surface area contributed by atoms with Crippen molar-refractivity contribution in [3.8, 4) is 17.2 Å². The Morgan fingerprint density at radius 3 is 2.05 bits per heavy atom. The van der Waals surface area contributed by atoms with Gasteiger partial charge in [-0.3, -0.25) is 0 Å². The molecule has 0 unspecified atom stereocenters. The van der Waals surface area contributed by atoms with Crippen molar-refractivity contribution in [2.75, 3.05) is 11.5 Å². The van der Waals surface area contributed by atoms with E-state index in [1.165, 1.54) is 0 Å². The molecule has 0 N–H and O–H groups in total. The van der Waals surface area contributed by atoms with Gasteiger partial charge >= 0.3 is 0 Å². The zero-order valence-electron chi connectivity index (χ0n) is 12.0. The smallest absolute Gasteiger partial charge is 0.0998 e. The highest BCUT2D eigenvalue weighted by Gasteiger charge is 2.01. The average Bonchev–Trinajstić information content (AvgIpc) is 2.57. The molecule has 2 aromatic carbocycles. The summed E-state index contributed by atoms with van der Waals surface area (Å²) in [5, 5.41) is 8.93. The molecule has 106 valence electrons. The molecule has 0 aliphatic carbocycles. The molecule has 0 aliphatic heterocycles. The molecule has 2 rings (SSSR count). The van der Waals surface area contributed by atoms with Gasteiger partial charge in [0.15, 0.2) is 0 Å². The molecule has 0 aromatic heterocycles. The third kappa shape index (κ3) is 6.16. The van der Waals surface area contributed by atoms with Crippen LogP contribution in [-0.2, 0) is 0 Å². The van der Waals surface area contributed by atoms with Gasteiger partial charge in [0.2, 0.25) is 0 Å². The lowest BCUT2D eigenvalue weighted by molar-refractivity contribution is 1.48. The molecule has 21 heavy (non-hydrogen) atoms. The first-order valence-electron chi connectivity index (χ1n) is 6.67. The Bertz CT molecular complexity index is 588. The van der Waals surface area contributed by atoms with Crippen LogP contribution in [-0.4, -0.2) is 11.5 Å². The molecular weight excluding hydrogens is 274 g/mol. The Balaban J connectivity index is 0.000000270. The molecule has 0 radical (unpaired) electrons. The van der Waals surface area contributed by atoms with Gasteiger partial charge in [-0.1, -0.05) is 60.7 Å². The quantitative estimate of drug-likeness (QED) is 0.550. The van der Waals surface area contributed by atoms with Crippen LogP contribution in [0.1, 0.15) is 5.56 Å². The molecule has 0 amide bonds. The van der Waals surface area contributed by atoms with Gasteiger partial charge in [-0.15, -0.1) is 13.2 Å². The zero-order valence-corrected chi connectivity index (χ0v) is 12.9. The lowest BCUT2D eigenvalue weighted by Gasteiger charge is -2.02. The first kappa shape index (κ1) is 16.8. The maximum absolute atomic E-state index is 8.93. The normalized spacial score (nSPS) is 8.90. The van der Waals surface area contributed by atoms with Gasteiger partial charge in [0.05, 0.1) is 11.6 Å². The van der Waals surface area contributed by atoms with E-state index in [0.29, 0.717) is 0 Å². The molecule has 0 aliphatic rings. The summed E-state index contributed by atoms with van der Waals surface area (Å²) >= 11 is 1.82. The fourth-order valence-corrected chi connectivity index (χ4v) is 2.15. The topological polar surface area (TPSA) is 23.8 Å². The number of hydrogen-bond acceptors (Lipinski definition) is 2. The molecule has 0 atom stereocenters. The third-order valence-corrected chi connectivity index (χ3v) is 3.55. The Kier molecular flexibility index (Phi) is 8.44. The number of nitrogens with zero attached hydrogens (tertiary/aromatic N) is 1. The molecule has 1 nitrogen and oxygen atoms in total. The van der Waals surface area contributed by atoms with E-state index in [0.717, 1.165) is 28.2 Å². The van der Waals surface area contributed by atoms with E-state index in [-0.39, 0.29) is 0 Å². The molecule has 0 heterocycles. The lowest BCUT2D eigenvalue weighted by Crippen LogP contribution is -1.82. The van der Waals surface area contributed by atoms with Crippen LogP contribution in [0, 0.1) is 11.3 Å². The summed E-state index contributed by atoms with van der Waals surface area (Å²) in [7, 11) is 0. The van der Waals surface area contributed by atoms with Crippen molar-refractivity contribution >= 4 is 11.8 Å². The number of nitriles is 1. The fraction of sp³-hybridized carbons (Fsp3) is 0.105. The average molecular weight is 293 g/mol. The summed E-state index contributed by atoms with van der Waals surface area (Å²) in [5.74, 6) is 2.07. The van der Waals surface area contributed by atoms with Gasteiger partial charge in [0, 0.05) is 11.5 Å². The second kappa shape index (κ2) is 10.5. The Labute approximate surface area is 131 Å². The van der Waals surface area contributed by atoms with Crippen molar-refractivity contribution < 1.29 is 0 Å². The van der Waals surface area contributed by atoms with Crippen LogP contribution in [0.4, 0.5) is 0 Å². The standard InChI is InChI=1S/C13H9N.C6H10S/c14-10-12-8-4-5-9-13(12)11-6-2-1-3-7-11;1-3-5-7-6-4-2/h1-9H;3-4H,1-2,5-6H2. The number of thioether (sulfide) groups is 1. The summed E-state index contributed by atoms with van der Waals surface area (Å²) in [6.07, 6.45) is 3.79. The van der Waals surface area contributed by atoms with Crippen molar-refractivity contribution in [3.63, 3.8) is 0 Å².